The molecule has 1 atom stereocenters. The summed E-state index contributed by atoms with van der Waals surface area (Å²) in [6, 6.07) is -1.01. The summed E-state index contributed by atoms with van der Waals surface area (Å²) in [6.07, 6.45) is 0.794. The van der Waals surface area contributed by atoms with E-state index in [1.807, 2.05) is 0 Å². The summed E-state index contributed by atoms with van der Waals surface area (Å²) in [5.74, 6) is -1.47. The summed E-state index contributed by atoms with van der Waals surface area (Å²) >= 11 is 0. The van der Waals surface area contributed by atoms with Crippen LogP contribution in [0.3, 0.4) is 0 Å². The number of ether oxygens (including phenoxy) is 1. The molecule has 0 bridgehead atoms. The first-order valence-corrected chi connectivity index (χ1v) is 4.73. The molecule has 0 aromatic heterocycles. The Morgan fingerprint density at radius 3 is 2.60 bits per heavy atom. The maximum absolute atomic E-state index is 11.2. The molecule has 0 saturated heterocycles. The molecule has 0 aliphatic heterocycles. The van der Waals surface area contributed by atoms with Crippen molar-refractivity contribution in [1.82, 2.24) is 5.32 Å². The molecule has 0 aromatic carbocycles. The third-order valence-corrected chi connectivity index (χ3v) is 1.80. The number of aliphatic hydroxyl groups is 1. The lowest BCUT2D eigenvalue weighted by Gasteiger charge is -2.12. The van der Waals surface area contributed by atoms with Gasteiger partial charge in [-0.25, -0.2) is 4.79 Å². The molecule has 0 aliphatic rings. The van der Waals surface area contributed by atoms with Crippen LogP contribution >= 0.6 is 0 Å². The van der Waals surface area contributed by atoms with Crippen LogP contribution in [0, 0.1) is 0 Å². The van der Waals surface area contributed by atoms with Crippen LogP contribution in [-0.2, 0) is 14.3 Å². The van der Waals surface area contributed by atoms with Crippen molar-refractivity contribution >= 4 is 11.9 Å². The van der Waals surface area contributed by atoms with E-state index in [0.29, 0.717) is 13.0 Å². The largest absolute Gasteiger partial charge is 0.480 e. The predicted molar refractivity (Wildman–Crippen MR) is 52.4 cm³/mol. The topological polar surface area (TPSA) is 95.9 Å². The fraction of sp³-hybridized carbons (Fsp3) is 0.778. The van der Waals surface area contributed by atoms with Gasteiger partial charge in [0.2, 0.25) is 5.91 Å². The zero-order chi connectivity index (χ0) is 11.7. The minimum atomic E-state index is -1.14. The van der Waals surface area contributed by atoms with E-state index >= 15 is 0 Å². The Hall–Kier alpha value is -1.14. The summed E-state index contributed by atoms with van der Waals surface area (Å²) in [7, 11) is 1.53. The molecule has 3 N–H and O–H groups in total. The summed E-state index contributed by atoms with van der Waals surface area (Å²) in [5.41, 5.74) is 0. The van der Waals surface area contributed by atoms with E-state index in [9.17, 15) is 9.59 Å². The van der Waals surface area contributed by atoms with E-state index in [1.54, 1.807) is 0 Å². The number of carbonyl (C=O) groups excluding carboxylic acids is 1. The van der Waals surface area contributed by atoms with Crippen molar-refractivity contribution in [3.63, 3.8) is 0 Å². The van der Waals surface area contributed by atoms with Gasteiger partial charge in [0, 0.05) is 33.2 Å². The Kier molecular flexibility index (Phi) is 7.57. The second kappa shape index (κ2) is 8.19. The summed E-state index contributed by atoms with van der Waals surface area (Å²) < 4.78 is 4.76. The van der Waals surface area contributed by atoms with Crippen LogP contribution in [-0.4, -0.2) is 48.5 Å². The van der Waals surface area contributed by atoms with Crippen molar-refractivity contribution in [3.05, 3.63) is 0 Å². The van der Waals surface area contributed by atoms with Gasteiger partial charge >= 0.3 is 5.97 Å². The van der Waals surface area contributed by atoms with Crippen molar-refractivity contribution in [3.8, 4) is 0 Å². The van der Waals surface area contributed by atoms with Gasteiger partial charge in [-0.3, -0.25) is 4.79 Å². The summed E-state index contributed by atoms with van der Waals surface area (Å²) in [6.45, 7) is 0.195. The fourth-order valence-corrected chi connectivity index (χ4v) is 1.03. The van der Waals surface area contributed by atoms with Gasteiger partial charge in [-0.15, -0.1) is 0 Å². The van der Waals surface area contributed by atoms with Crippen LogP contribution in [0.5, 0.6) is 0 Å². The molecule has 0 rings (SSSR count). The van der Waals surface area contributed by atoms with E-state index in [1.165, 1.54) is 7.11 Å². The number of carboxylic acid groups (broad SMARTS) is 1. The zero-order valence-electron chi connectivity index (χ0n) is 8.73. The minimum Gasteiger partial charge on any atom is -0.480 e. The highest BCUT2D eigenvalue weighted by Gasteiger charge is 2.18. The van der Waals surface area contributed by atoms with Crippen molar-refractivity contribution in [2.45, 2.75) is 25.3 Å². The monoisotopic (exact) mass is 219 g/mol. The highest BCUT2D eigenvalue weighted by Crippen LogP contribution is 1.95. The van der Waals surface area contributed by atoms with E-state index in [0.717, 1.165) is 0 Å². The number of aliphatic carboxylic acids is 1. The smallest absolute Gasteiger partial charge is 0.326 e. The molecular weight excluding hydrogens is 202 g/mol. The quantitative estimate of drug-likeness (QED) is 0.472. The van der Waals surface area contributed by atoms with Gasteiger partial charge in [0.15, 0.2) is 0 Å². The van der Waals surface area contributed by atoms with Gasteiger partial charge in [0.1, 0.15) is 6.04 Å². The standard InChI is InChI=1S/C9H17NO5/c1-15-6-2-3-8(12)10-7(4-5-11)9(13)14/h7,11H,2-6H2,1H3,(H,10,12)(H,13,14)/t7-/m1/s1. The maximum atomic E-state index is 11.2. The number of amides is 1. The maximum Gasteiger partial charge on any atom is 0.326 e. The number of nitrogens with one attached hydrogen (secondary N) is 1. The number of methoxy groups -OCH3 is 1. The molecule has 0 unspecified atom stereocenters. The van der Waals surface area contributed by atoms with Crippen LogP contribution in [0.15, 0.2) is 0 Å². The highest BCUT2D eigenvalue weighted by molar-refractivity contribution is 5.83. The average molecular weight is 219 g/mol. The van der Waals surface area contributed by atoms with Crippen molar-refractivity contribution in [1.29, 1.82) is 0 Å². The molecule has 0 radical (unpaired) electrons. The molecule has 0 heterocycles. The van der Waals surface area contributed by atoms with Gasteiger partial charge in [0.05, 0.1) is 0 Å². The number of carboxylic acids is 1. The van der Waals surface area contributed by atoms with Crippen LogP contribution < -0.4 is 5.32 Å². The highest BCUT2D eigenvalue weighted by atomic mass is 16.5. The number of aliphatic hydroxyl groups excluding tert-OH is 1. The lowest BCUT2D eigenvalue weighted by Crippen LogP contribution is -2.41. The number of rotatable bonds is 8. The molecule has 6 heteroatoms. The molecule has 0 aromatic rings. The molecule has 0 saturated carbocycles. The van der Waals surface area contributed by atoms with Gasteiger partial charge in [-0.05, 0) is 6.42 Å². The van der Waals surface area contributed by atoms with E-state index < -0.39 is 12.0 Å². The number of hydrogen-bond donors (Lipinski definition) is 3. The predicted octanol–water partition coefficient (Wildman–Crippen LogP) is -0.635. The third-order valence-electron chi connectivity index (χ3n) is 1.80. The van der Waals surface area contributed by atoms with Crippen molar-refractivity contribution in [2.75, 3.05) is 20.3 Å². The molecule has 0 fully saturated rings. The van der Waals surface area contributed by atoms with Crippen LogP contribution in [0.1, 0.15) is 19.3 Å². The Balaban J connectivity index is 3.84. The molecule has 0 aliphatic carbocycles. The molecule has 0 spiro atoms. The Bertz CT molecular complexity index is 207. The van der Waals surface area contributed by atoms with Gasteiger partial charge in [-0.2, -0.15) is 0 Å². The van der Waals surface area contributed by atoms with E-state index in [2.05, 4.69) is 5.32 Å². The van der Waals surface area contributed by atoms with Gasteiger partial charge in [0.25, 0.3) is 0 Å². The van der Waals surface area contributed by atoms with Crippen molar-refractivity contribution < 1.29 is 24.5 Å². The minimum absolute atomic E-state index is 0.0192. The third kappa shape index (κ3) is 6.87. The first-order chi connectivity index (χ1) is 7.11. The second-order valence-electron chi connectivity index (χ2n) is 3.07. The normalized spacial score (nSPS) is 12.1. The van der Waals surface area contributed by atoms with E-state index in [-0.39, 0.29) is 25.4 Å². The van der Waals surface area contributed by atoms with Gasteiger partial charge < -0.3 is 20.3 Å². The first kappa shape index (κ1) is 13.9. The summed E-state index contributed by atoms with van der Waals surface area (Å²) in [5, 5.41) is 19.6. The van der Waals surface area contributed by atoms with Crippen molar-refractivity contribution in [2.24, 2.45) is 0 Å². The van der Waals surface area contributed by atoms with Crippen LogP contribution in [0.2, 0.25) is 0 Å². The lowest BCUT2D eigenvalue weighted by atomic mass is 10.2. The number of hydrogen-bond acceptors (Lipinski definition) is 4. The Labute approximate surface area is 88.2 Å². The van der Waals surface area contributed by atoms with Gasteiger partial charge in [-0.1, -0.05) is 0 Å². The first-order valence-electron chi connectivity index (χ1n) is 4.73. The fourth-order valence-electron chi connectivity index (χ4n) is 1.03. The Morgan fingerprint density at radius 1 is 1.47 bits per heavy atom. The Morgan fingerprint density at radius 2 is 2.13 bits per heavy atom. The van der Waals surface area contributed by atoms with E-state index in [4.69, 9.17) is 14.9 Å². The number of carbonyl (C=O) groups is 2. The summed E-state index contributed by atoms with van der Waals surface area (Å²) in [4.78, 5) is 21.8. The molecule has 1 amide bonds. The van der Waals surface area contributed by atoms with Crippen LogP contribution in [0.25, 0.3) is 0 Å². The molecule has 15 heavy (non-hydrogen) atoms. The molecular formula is C9H17NO5. The molecule has 88 valence electrons. The second-order valence-corrected chi connectivity index (χ2v) is 3.07. The van der Waals surface area contributed by atoms with Crippen LogP contribution in [0.4, 0.5) is 0 Å². The molecule has 6 nitrogen and oxygen atoms in total. The lowest BCUT2D eigenvalue weighted by molar-refractivity contribution is -0.142. The zero-order valence-corrected chi connectivity index (χ0v) is 8.73. The average Bonchev–Trinajstić information content (AvgIpc) is 2.17. The SMILES string of the molecule is COCCCC(=O)N[C@H](CCO)C(=O)O.